The van der Waals surface area contributed by atoms with Gasteiger partial charge in [0.05, 0.1) is 0 Å². The van der Waals surface area contributed by atoms with Crippen molar-refractivity contribution < 1.29 is 19.1 Å². The van der Waals surface area contributed by atoms with E-state index in [2.05, 4.69) is 4.98 Å². The molecule has 0 bridgehead atoms. The van der Waals surface area contributed by atoms with E-state index in [4.69, 9.17) is 9.52 Å². The average molecular weight is 233 g/mol. The number of hydrogen-bond acceptors (Lipinski definition) is 4. The first kappa shape index (κ1) is 11.3. The molecule has 1 aromatic carbocycles. The maximum Gasteiger partial charge on any atom is 0.314 e. The second-order valence-electron chi connectivity index (χ2n) is 3.84. The molecule has 2 rings (SSSR count). The summed E-state index contributed by atoms with van der Waals surface area (Å²) in [6.07, 6.45) is 0. The zero-order chi connectivity index (χ0) is 12.6. The third kappa shape index (κ3) is 2.04. The summed E-state index contributed by atoms with van der Waals surface area (Å²) in [5.74, 6) is -2.12. The Hall–Kier alpha value is -2.17. The van der Waals surface area contributed by atoms with Gasteiger partial charge in [0.1, 0.15) is 11.4 Å². The maximum atomic E-state index is 11.8. The molecule has 1 heterocycles. The van der Waals surface area contributed by atoms with Gasteiger partial charge < -0.3 is 9.52 Å². The van der Waals surface area contributed by atoms with Crippen LogP contribution in [-0.4, -0.2) is 21.8 Å². The lowest BCUT2D eigenvalue weighted by Gasteiger charge is -2.04. The van der Waals surface area contributed by atoms with E-state index < -0.39 is 17.7 Å². The Morgan fingerprint density at radius 2 is 2.12 bits per heavy atom. The maximum absolute atomic E-state index is 11.8. The van der Waals surface area contributed by atoms with Gasteiger partial charge >= 0.3 is 5.97 Å². The molecule has 2 aromatic rings. The van der Waals surface area contributed by atoms with Crippen molar-refractivity contribution in [3.63, 3.8) is 0 Å². The van der Waals surface area contributed by atoms with Gasteiger partial charge in [0, 0.05) is 12.5 Å². The molecule has 88 valence electrons. The number of rotatable bonds is 3. The number of carboxylic acids is 1. The lowest BCUT2D eigenvalue weighted by atomic mass is 9.99. The molecule has 0 aliphatic rings. The summed E-state index contributed by atoms with van der Waals surface area (Å²) in [5.41, 5.74) is 1.47. The number of ketones is 1. The van der Waals surface area contributed by atoms with Crippen LogP contribution in [0, 0.1) is 12.8 Å². The van der Waals surface area contributed by atoms with E-state index in [9.17, 15) is 9.59 Å². The summed E-state index contributed by atoms with van der Waals surface area (Å²) in [4.78, 5) is 26.6. The monoisotopic (exact) mass is 233 g/mol. The number of benzene rings is 1. The van der Waals surface area contributed by atoms with Crippen LogP contribution >= 0.6 is 0 Å². The zero-order valence-corrected chi connectivity index (χ0v) is 9.43. The number of nitrogens with zero attached hydrogens (tertiary/aromatic N) is 1. The first-order valence-corrected chi connectivity index (χ1v) is 5.13. The Morgan fingerprint density at radius 3 is 2.76 bits per heavy atom. The number of hydrogen-bond donors (Lipinski definition) is 1. The molecule has 0 amide bonds. The van der Waals surface area contributed by atoms with Gasteiger partial charge in [-0.1, -0.05) is 0 Å². The molecule has 0 aliphatic carbocycles. The standard InChI is InChI=1S/C12H11NO4/c1-6(12(15)16)11(14)8-3-4-9-10(5-8)17-7(2)13-9/h3-6H,1-2H3,(H,15,16). The Balaban J connectivity index is 2.42. The third-order valence-corrected chi connectivity index (χ3v) is 2.54. The van der Waals surface area contributed by atoms with Gasteiger partial charge in [0.2, 0.25) is 0 Å². The first-order chi connectivity index (χ1) is 7.99. The van der Waals surface area contributed by atoms with E-state index in [0.717, 1.165) is 0 Å². The number of carbonyl (C=O) groups is 2. The van der Waals surface area contributed by atoms with Crippen LogP contribution in [0.25, 0.3) is 11.1 Å². The largest absolute Gasteiger partial charge is 0.481 e. The summed E-state index contributed by atoms with van der Waals surface area (Å²) in [6.45, 7) is 3.07. The van der Waals surface area contributed by atoms with Crippen molar-refractivity contribution >= 4 is 22.9 Å². The topological polar surface area (TPSA) is 80.4 Å². The van der Waals surface area contributed by atoms with Crippen LogP contribution in [0.2, 0.25) is 0 Å². The highest BCUT2D eigenvalue weighted by Crippen LogP contribution is 2.19. The van der Waals surface area contributed by atoms with E-state index in [1.807, 2.05) is 0 Å². The van der Waals surface area contributed by atoms with Gasteiger partial charge in [-0.25, -0.2) is 4.98 Å². The molecule has 0 saturated carbocycles. The van der Waals surface area contributed by atoms with Gasteiger partial charge in [-0.15, -0.1) is 0 Å². The van der Waals surface area contributed by atoms with Crippen molar-refractivity contribution in [2.45, 2.75) is 13.8 Å². The number of carboxylic acid groups (broad SMARTS) is 1. The fourth-order valence-electron chi connectivity index (χ4n) is 1.56. The highest BCUT2D eigenvalue weighted by Gasteiger charge is 2.22. The number of Topliss-reactive ketones (excluding diaryl/α,β-unsaturated/α-hetero) is 1. The number of aromatic nitrogens is 1. The van der Waals surface area contributed by atoms with Gasteiger partial charge in [-0.05, 0) is 25.1 Å². The summed E-state index contributed by atoms with van der Waals surface area (Å²) in [5, 5.41) is 8.77. The fraction of sp³-hybridized carbons (Fsp3) is 0.250. The van der Waals surface area contributed by atoms with Crippen LogP contribution in [0.3, 0.4) is 0 Å². The number of aliphatic carboxylic acids is 1. The minimum atomic E-state index is -1.14. The lowest BCUT2D eigenvalue weighted by molar-refractivity contribution is -0.139. The molecule has 0 radical (unpaired) electrons. The quantitative estimate of drug-likeness (QED) is 0.648. The SMILES string of the molecule is Cc1nc2ccc(C(=O)C(C)C(=O)O)cc2o1. The minimum Gasteiger partial charge on any atom is -0.481 e. The van der Waals surface area contributed by atoms with E-state index in [0.29, 0.717) is 22.6 Å². The molecular formula is C12H11NO4. The normalized spacial score (nSPS) is 12.6. The predicted molar refractivity (Wildman–Crippen MR) is 59.9 cm³/mol. The highest BCUT2D eigenvalue weighted by molar-refractivity contribution is 6.08. The van der Waals surface area contributed by atoms with Crippen LogP contribution in [-0.2, 0) is 4.79 Å². The molecule has 1 N–H and O–H groups in total. The Kier molecular flexibility index (Phi) is 2.67. The molecular weight excluding hydrogens is 222 g/mol. The van der Waals surface area contributed by atoms with Crippen molar-refractivity contribution in [3.05, 3.63) is 29.7 Å². The molecule has 0 saturated heterocycles. The number of fused-ring (bicyclic) bond motifs is 1. The van der Waals surface area contributed by atoms with Crippen molar-refractivity contribution in [1.82, 2.24) is 4.98 Å². The second-order valence-corrected chi connectivity index (χ2v) is 3.84. The Morgan fingerprint density at radius 1 is 1.41 bits per heavy atom. The van der Waals surface area contributed by atoms with Gasteiger partial charge in [-0.3, -0.25) is 9.59 Å². The van der Waals surface area contributed by atoms with Crippen LogP contribution in [0.15, 0.2) is 22.6 Å². The zero-order valence-electron chi connectivity index (χ0n) is 9.43. The summed E-state index contributed by atoms with van der Waals surface area (Å²) in [7, 11) is 0. The van der Waals surface area contributed by atoms with E-state index in [1.54, 1.807) is 19.1 Å². The van der Waals surface area contributed by atoms with Crippen LogP contribution in [0.5, 0.6) is 0 Å². The van der Waals surface area contributed by atoms with E-state index in [-0.39, 0.29) is 0 Å². The second kappa shape index (κ2) is 4.01. The molecule has 0 spiro atoms. The molecule has 0 fully saturated rings. The molecule has 17 heavy (non-hydrogen) atoms. The van der Waals surface area contributed by atoms with Crippen molar-refractivity contribution in [3.8, 4) is 0 Å². The first-order valence-electron chi connectivity index (χ1n) is 5.13. The van der Waals surface area contributed by atoms with Gasteiger partial charge in [-0.2, -0.15) is 0 Å². The molecule has 1 atom stereocenters. The fourth-order valence-corrected chi connectivity index (χ4v) is 1.56. The third-order valence-electron chi connectivity index (χ3n) is 2.54. The summed E-state index contributed by atoms with van der Waals surface area (Å²) in [6, 6.07) is 4.73. The molecule has 0 aliphatic heterocycles. The summed E-state index contributed by atoms with van der Waals surface area (Å²) < 4.78 is 5.29. The van der Waals surface area contributed by atoms with Crippen molar-refractivity contribution in [1.29, 1.82) is 0 Å². The van der Waals surface area contributed by atoms with Crippen molar-refractivity contribution in [2.24, 2.45) is 5.92 Å². The van der Waals surface area contributed by atoms with E-state index >= 15 is 0 Å². The lowest BCUT2D eigenvalue weighted by Crippen LogP contribution is -2.20. The summed E-state index contributed by atoms with van der Waals surface area (Å²) >= 11 is 0. The average Bonchev–Trinajstić information content (AvgIpc) is 2.65. The number of oxazole rings is 1. The minimum absolute atomic E-state index is 0.323. The Bertz CT molecular complexity index is 600. The Labute approximate surface area is 97.1 Å². The van der Waals surface area contributed by atoms with Gasteiger partial charge in [0.25, 0.3) is 0 Å². The van der Waals surface area contributed by atoms with Crippen molar-refractivity contribution in [2.75, 3.05) is 0 Å². The number of aryl methyl sites for hydroxylation is 1. The number of carbonyl (C=O) groups excluding carboxylic acids is 1. The molecule has 5 nitrogen and oxygen atoms in total. The highest BCUT2D eigenvalue weighted by atomic mass is 16.4. The molecule has 5 heteroatoms. The van der Waals surface area contributed by atoms with Crippen LogP contribution in [0.1, 0.15) is 23.2 Å². The van der Waals surface area contributed by atoms with Gasteiger partial charge in [0.15, 0.2) is 17.3 Å². The molecule has 1 unspecified atom stereocenters. The van der Waals surface area contributed by atoms with E-state index in [1.165, 1.54) is 13.0 Å². The molecule has 1 aromatic heterocycles. The van der Waals surface area contributed by atoms with Crippen LogP contribution < -0.4 is 0 Å². The van der Waals surface area contributed by atoms with Crippen LogP contribution in [0.4, 0.5) is 0 Å². The smallest absolute Gasteiger partial charge is 0.314 e. The predicted octanol–water partition coefficient (Wildman–Crippen LogP) is 2.04.